The van der Waals surface area contributed by atoms with E-state index in [1.807, 2.05) is 19.1 Å². The third kappa shape index (κ3) is 5.97. The number of hydrogen-bond donors (Lipinski definition) is 3. The maximum absolute atomic E-state index is 12.2. The van der Waals surface area contributed by atoms with Crippen LogP contribution in [-0.4, -0.2) is 104 Å². The topological polar surface area (TPSA) is 106 Å². The van der Waals surface area contributed by atoms with Gasteiger partial charge in [0.05, 0.1) is 5.69 Å². The second-order valence-electron chi connectivity index (χ2n) is 10.4. The Kier molecular flexibility index (Phi) is 8.07. The van der Waals surface area contributed by atoms with E-state index in [1.165, 1.54) is 31.6 Å². The van der Waals surface area contributed by atoms with Crippen molar-refractivity contribution in [2.24, 2.45) is 5.73 Å². The van der Waals surface area contributed by atoms with E-state index in [0.29, 0.717) is 12.2 Å². The van der Waals surface area contributed by atoms with Crippen molar-refractivity contribution in [1.29, 1.82) is 0 Å². The summed E-state index contributed by atoms with van der Waals surface area (Å²) in [6.45, 7) is 12.3. The van der Waals surface area contributed by atoms with E-state index in [2.05, 4.69) is 54.4 Å². The van der Waals surface area contributed by atoms with Crippen molar-refractivity contribution in [3.8, 4) is 0 Å². The SMILES string of the molecule is CCc1nc(C(N)=O)c(Nc2ccc(N3CCN(C4CCN(C)CC4)CC3)cc2)nc1N1CCNCC1. The van der Waals surface area contributed by atoms with E-state index in [4.69, 9.17) is 10.7 Å². The number of aromatic nitrogens is 2. The van der Waals surface area contributed by atoms with Gasteiger partial charge < -0.3 is 31.1 Å². The normalized spacial score (nSPS) is 20.3. The Labute approximate surface area is 220 Å². The van der Waals surface area contributed by atoms with E-state index in [1.54, 1.807) is 0 Å². The van der Waals surface area contributed by atoms with Crippen molar-refractivity contribution >= 4 is 28.9 Å². The Morgan fingerprint density at radius 2 is 1.65 bits per heavy atom. The quantitative estimate of drug-likeness (QED) is 0.514. The van der Waals surface area contributed by atoms with E-state index in [9.17, 15) is 4.79 Å². The molecule has 0 saturated carbocycles. The molecule has 10 nitrogen and oxygen atoms in total. The molecule has 4 heterocycles. The molecule has 0 bridgehead atoms. The summed E-state index contributed by atoms with van der Waals surface area (Å²) in [6, 6.07) is 9.10. The lowest BCUT2D eigenvalue weighted by Gasteiger charge is -2.42. The first-order valence-corrected chi connectivity index (χ1v) is 13.7. The number of hydrogen-bond acceptors (Lipinski definition) is 9. The number of likely N-dealkylation sites (tertiary alicyclic amines) is 1. The molecule has 5 rings (SSSR count). The molecule has 1 aromatic carbocycles. The molecule has 10 heteroatoms. The zero-order chi connectivity index (χ0) is 25.8. The monoisotopic (exact) mass is 507 g/mol. The van der Waals surface area contributed by atoms with Crippen molar-refractivity contribution in [1.82, 2.24) is 25.1 Å². The number of nitrogens with one attached hydrogen (secondary N) is 2. The van der Waals surface area contributed by atoms with Crippen molar-refractivity contribution in [2.45, 2.75) is 32.2 Å². The Morgan fingerprint density at radius 1 is 0.973 bits per heavy atom. The van der Waals surface area contributed by atoms with Crippen LogP contribution in [0.2, 0.25) is 0 Å². The van der Waals surface area contributed by atoms with Gasteiger partial charge in [-0.25, -0.2) is 9.97 Å². The first-order chi connectivity index (χ1) is 18.0. The van der Waals surface area contributed by atoms with Crippen LogP contribution in [0.5, 0.6) is 0 Å². The molecule has 3 aliphatic rings. The van der Waals surface area contributed by atoms with Gasteiger partial charge in [-0.15, -0.1) is 0 Å². The number of anilines is 4. The van der Waals surface area contributed by atoms with Crippen molar-refractivity contribution < 1.29 is 4.79 Å². The maximum atomic E-state index is 12.2. The minimum absolute atomic E-state index is 0.185. The summed E-state index contributed by atoms with van der Waals surface area (Å²) >= 11 is 0. The number of piperazine rings is 2. The van der Waals surface area contributed by atoms with Crippen LogP contribution in [-0.2, 0) is 6.42 Å². The largest absolute Gasteiger partial charge is 0.369 e. The number of primary amides is 1. The Bertz CT molecular complexity index is 1050. The standard InChI is InChI=1S/C27H41N9O/c1-3-23-27(36-14-10-29-11-15-36)32-26(24(31-23)25(28)37)30-20-4-6-21(7-5-20)34-16-18-35(19-17-34)22-8-12-33(2)13-9-22/h4-7,22,29H,3,8-19H2,1-2H3,(H2,28,37)(H,30,32). The van der Waals surface area contributed by atoms with Gasteiger partial charge in [-0.3, -0.25) is 9.69 Å². The minimum atomic E-state index is -0.573. The number of carbonyl (C=O) groups is 1. The average molecular weight is 508 g/mol. The van der Waals surface area contributed by atoms with Crippen LogP contribution in [0.15, 0.2) is 24.3 Å². The Balaban J connectivity index is 1.26. The van der Waals surface area contributed by atoms with E-state index >= 15 is 0 Å². The van der Waals surface area contributed by atoms with Gasteiger partial charge in [0.2, 0.25) is 0 Å². The summed E-state index contributed by atoms with van der Waals surface area (Å²) < 4.78 is 0. The summed E-state index contributed by atoms with van der Waals surface area (Å²) in [5, 5.41) is 6.69. The molecule has 0 radical (unpaired) electrons. The summed E-state index contributed by atoms with van der Waals surface area (Å²) in [5.74, 6) is 0.670. The highest BCUT2D eigenvalue weighted by Gasteiger charge is 2.27. The molecule has 0 spiro atoms. The molecule has 0 unspecified atom stereocenters. The Hall–Kier alpha value is -2.95. The lowest BCUT2D eigenvalue weighted by atomic mass is 10.0. The van der Waals surface area contributed by atoms with Crippen LogP contribution >= 0.6 is 0 Å². The van der Waals surface area contributed by atoms with Gasteiger partial charge in [0.25, 0.3) is 5.91 Å². The molecule has 1 aromatic heterocycles. The second kappa shape index (κ2) is 11.6. The smallest absolute Gasteiger partial charge is 0.271 e. The fourth-order valence-corrected chi connectivity index (χ4v) is 5.68. The molecule has 0 atom stereocenters. The fraction of sp³-hybridized carbons (Fsp3) is 0.593. The zero-order valence-electron chi connectivity index (χ0n) is 22.2. The number of amides is 1. The fourth-order valence-electron chi connectivity index (χ4n) is 5.68. The molecule has 1 amide bonds. The van der Waals surface area contributed by atoms with E-state index < -0.39 is 5.91 Å². The summed E-state index contributed by atoms with van der Waals surface area (Å²) in [5.41, 5.74) is 8.76. The molecule has 3 aliphatic heterocycles. The molecule has 3 saturated heterocycles. The molecule has 2 aromatic rings. The third-order valence-electron chi connectivity index (χ3n) is 7.95. The molecule has 4 N–H and O–H groups in total. The predicted octanol–water partition coefficient (Wildman–Crippen LogP) is 1.51. The lowest BCUT2D eigenvalue weighted by Crippen LogP contribution is -2.53. The maximum Gasteiger partial charge on any atom is 0.271 e. The van der Waals surface area contributed by atoms with Crippen LogP contribution in [0.4, 0.5) is 23.0 Å². The van der Waals surface area contributed by atoms with Crippen molar-refractivity contribution in [2.75, 3.05) is 87.6 Å². The highest BCUT2D eigenvalue weighted by atomic mass is 16.1. The van der Waals surface area contributed by atoms with Gasteiger partial charge >= 0.3 is 0 Å². The van der Waals surface area contributed by atoms with Crippen LogP contribution in [0.3, 0.4) is 0 Å². The predicted molar refractivity (Wildman–Crippen MR) is 149 cm³/mol. The van der Waals surface area contributed by atoms with Gasteiger partial charge in [-0.05, 0) is 63.7 Å². The number of nitrogens with two attached hydrogens (primary N) is 1. The zero-order valence-corrected chi connectivity index (χ0v) is 22.2. The van der Waals surface area contributed by atoms with Gasteiger partial charge in [-0.1, -0.05) is 6.92 Å². The number of rotatable bonds is 7. The Morgan fingerprint density at radius 3 is 2.27 bits per heavy atom. The highest BCUT2D eigenvalue weighted by molar-refractivity contribution is 5.96. The van der Waals surface area contributed by atoms with Gasteiger partial charge in [0.1, 0.15) is 0 Å². The van der Waals surface area contributed by atoms with E-state index in [0.717, 1.165) is 75.6 Å². The lowest BCUT2D eigenvalue weighted by molar-refractivity contribution is 0.0996. The third-order valence-corrected chi connectivity index (χ3v) is 7.95. The van der Waals surface area contributed by atoms with Gasteiger partial charge in [0.15, 0.2) is 17.3 Å². The molecular weight excluding hydrogens is 466 g/mol. The number of aryl methyl sites for hydroxylation is 1. The first kappa shape index (κ1) is 25.7. The van der Waals surface area contributed by atoms with Crippen molar-refractivity contribution in [3.63, 3.8) is 0 Å². The number of benzene rings is 1. The number of nitrogens with zero attached hydrogens (tertiary/aromatic N) is 6. The minimum Gasteiger partial charge on any atom is -0.369 e. The highest BCUT2D eigenvalue weighted by Crippen LogP contribution is 2.27. The van der Waals surface area contributed by atoms with E-state index in [-0.39, 0.29) is 5.69 Å². The second-order valence-corrected chi connectivity index (χ2v) is 10.4. The average Bonchev–Trinajstić information content (AvgIpc) is 2.94. The molecule has 0 aliphatic carbocycles. The number of carbonyl (C=O) groups excluding carboxylic acids is 1. The molecule has 37 heavy (non-hydrogen) atoms. The van der Waals surface area contributed by atoms with Crippen LogP contribution < -0.4 is 26.2 Å². The first-order valence-electron chi connectivity index (χ1n) is 13.7. The molecule has 200 valence electrons. The summed E-state index contributed by atoms with van der Waals surface area (Å²) in [6.07, 6.45) is 3.25. The molecule has 3 fully saturated rings. The summed E-state index contributed by atoms with van der Waals surface area (Å²) in [4.78, 5) is 31.5. The van der Waals surface area contributed by atoms with Crippen LogP contribution in [0.1, 0.15) is 35.9 Å². The van der Waals surface area contributed by atoms with Crippen molar-refractivity contribution in [3.05, 3.63) is 35.7 Å². The summed E-state index contributed by atoms with van der Waals surface area (Å²) in [7, 11) is 2.22. The molecular formula is C27H41N9O. The van der Waals surface area contributed by atoms with Crippen LogP contribution in [0, 0.1) is 0 Å². The van der Waals surface area contributed by atoms with Gasteiger partial charge in [0, 0.05) is 69.8 Å². The van der Waals surface area contributed by atoms with Crippen LogP contribution in [0.25, 0.3) is 0 Å². The van der Waals surface area contributed by atoms with Gasteiger partial charge in [-0.2, -0.15) is 0 Å². The number of piperidine rings is 1.